The summed E-state index contributed by atoms with van der Waals surface area (Å²) in [5.41, 5.74) is 2.89. The number of fused-ring (bicyclic) bond motifs is 1. The summed E-state index contributed by atoms with van der Waals surface area (Å²) >= 11 is 0. The third kappa shape index (κ3) is 3.67. The lowest BCUT2D eigenvalue weighted by molar-refractivity contribution is 0.0602. The van der Waals surface area contributed by atoms with Gasteiger partial charge in [-0.25, -0.2) is 9.97 Å². The van der Waals surface area contributed by atoms with Crippen molar-refractivity contribution in [2.75, 3.05) is 11.9 Å². The molecule has 1 N–H and O–H groups in total. The number of piperidine rings is 1. The van der Waals surface area contributed by atoms with Gasteiger partial charge in [0.15, 0.2) is 0 Å². The van der Waals surface area contributed by atoms with Crippen molar-refractivity contribution in [1.29, 1.82) is 0 Å². The third-order valence-corrected chi connectivity index (χ3v) is 5.31. The van der Waals surface area contributed by atoms with Gasteiger partial charge < -0.3 is 10.2 Å². The molecule has 2 aromatic heterocycles. The van der Waals surface area contributed by atoms with Gasteiger partial charge in [0.05, 0.1) is 11.2 Å². The zero-order valence-electron chi connectivity index (χ0n) is 16.4. The maximum atomic E-state index is 13.1. The van der Waals surface area contributed by atoms with E-state index >= 15 is 0 Å². The predicted octanol–water partition coefficient (Wildman–Crippen LogP) is 4.48. The molecule has 28 heavy (non-hydrogen) atoms. The van der Waals surface area contributed by atoms with Gasteiger partial charge in [0.1, 0.15) is 5.69 Å². The van der Waals surface area contributed by atoms with E-state index in [1.807, 2.05) is 42.2 Å². The summed E-state index contributed by atoms with van der Waals surface area (Å²) < 4.78 is 0. The Morgan fingerprint density at radius 1 is 1.21 bits per heavy atom. The highest BCUT2D eigenvalue weighted by Crippen LogP contribution is 2.25. The molecule has 4 rings (SSSR count). The van der Waals surface area contributed by atoms with E-state index in [9.17, 15) is 4.79 Å². The van der Waals surface area contributed by atoms with E-state index in [1.54, 1.807) is 12.3 Å². The lowest BCUT2D eigenvalue weighted by Gasteiger charge is -2.35. The third-order valence-electron chi connectivity index (χ3n) is 5.31. The van der Waals surface area contributed by atoms with Crippen LogP contribution >= 0.6 is 0 Å². The first-order valence-corrected chi connectivity index (χ1v) is 9.93. The molecule has 1 fully saturated rings. The van der Waals surface area contributed by atoms with Gasteiger partial charge in [0, 0.05) is 29.9 Å². The van der Waals surface area contributed by atoms with Crippen LogP contribution < -0.4 is 5.32 Å². The molecule has 1 aliphatic heterocycles. The molecule has 1 amide bonds. The number of nitrogens with zero attached hydrogens (tertiary/aromatic N) is 4. The molecule has 3 heterocycles. The minimum absolute atomic E-state index is 0.00357. The highest BCUT2D eigenvalue weighted by molar-refractivity contribution is 5.94. The fraction of sp³-hybridized carbons (Fsp3) is 0.364. The van der Waals surface area contributed by atoms with E-state index in [1.165, 1.54) is 6.42 Å². The Bertz CT molecular complexity index is 998. The standard InChI is InChI=1S/C22H25N5O/c1-3-17-10-4-5-13-27(17)21(28)19-14-15(2)24-22(26-19)25-18-11-6-8-16-9-7-12-23-20(16)18/h6-9,11-12,14,17H,3-5,10,13H2,1-2H3,(H,24,25,26). The molecule has 144 valence electrons. The Morgan fingerprint density at radius 2 is 2.07 bits per heavy atom. The average Bonchev–Trinajstić information content (AvgIpc) is 2.73. The minimum Gasteiger partial charge on any atom is -0.334 e. The van der Waals surface area contributed by atoms with Crippen LogP contribution in [0.1, 0.15) is 48.8 Å². The van der Waals surface area contributed by atoms with Crippen LogP contribution in [0.15, 0.2) is 42.6 Å². The van der Waals surface area contributed by atoms with Gasteiger partial charge in [0.2, 0.25) is 5.95 Å². The summed E-state index contributed by atoms with van der Waals surface area (Å²) in [5, 5.41) is 4.29. The van der Waals surface area contributed by atoms with Crippen LogP contribution in [0.2, 0.25) is 0 Å². The van der Waals surface area contributed by atoms with Gasteiger partial charge in [-0.2, -0.15) is 0 Å². The number of para-hydroxylation sites is 1. The number of rotatable bonds is 4. The fourth-order valence-corrected chi connectivity index (χ4v) is 3.90. The second-order valence-electron chi connectivity index (χ2n) is 7.28. The molecule has 0 spiro atoms. The molecule has 1 aliphatic rings. The molecule has 1 unspecified atom stereocenters. The molecular weight excluding hydrogens is 350 g/mol. The minimum atomic E-state index is -0.00357. The van der Waals surface area contributed by atoms with E-state index in [2.05, 4.69) is 27.2 Å². The molecule has 3 aromatic rings. The first kappa shape index (κ1) is 18.3. The van der Waals surface area contributed by atoms with E-state index in [-0.39, 0.29) is 5.91 Å². The quantitative estimate of drug-likeness (QED) is 0.728. The van der Waals surface area contributed by atoms with Crippen molar-refractivity contribution >= 4 is 28.4 Å². The first-order valence-electron chi connectivity index (χ1n) is 9.93. The molecule has 0 bridgehead atoms. The van der Waals surface area contributed by atoms with E-state index in [0.29, 0.717) is 17.7 Å². The molecular formula is C22H25N5O. The molecule has 6 heteroatoms. The Kier molecular flexibility index (Phi) is 5.19. The molecule has 0 saturated carbocycles. The Hall–Kier alpha value is -3.02. The number of carbonyl (C=O) groups is 1. The molecule has 0 aliphatic carbocycles. The second kappa shape index (κ2) is 7.92. The van der Waals surface area contributed by atoms with E-state index < -0.39 is 0 Å². The smallest absolute Gasteiger partial charge is 0.272 e. The lowest BCUT2D eigenvalue weighted by atomic mass is 9.99. The molecule has 6 nitrogen and oxygen atoms in total. The van der Waals surface area contributed by atoms with Crippen LogP contribution in [0, 0.1) is 6.92 Å². The zero-order chi connectivity index (χ0) is 19.5. The van der Waals surface area contributed by atoms with Crippen LogP contribution in [-0.2, 0) is 0 Å². The summed E-state index contributed by atoms with van der Waals surface area (Å²) in [6, 6.07) is 11.9. The van der Waals surface area contributed by atoms with Crippen molar-refractivity contribution in [3.8, 4) is 0 Å². The Morgan fingerprint density at radius 3 is 2.93 bits per heavy atom. The number of pyridine rings is 1. The predicted molar refractivity (Wildman–Crippen MR) is 111 cm³/mol. The highest BCUT2D eigenvalue weighted by atomic mass is 16.2. The monoisotopic (exact) mass is 375 g/mol. The zero-order valence-corrected chi connectivity index (χ0v) is 16.4. The van der Waals surface area contributed by atoms with Crippen molar-refractivity contribution in [2.24, 2.45) is 0 Å². The van der Waals surface area contributed by atoms with Crippen LogP contribution in [0.5, 0.6) is 0 Å². The maximum absolute atomic E-state index is 13.1. The molecule has 1 atom stereocenters. The first-order chi connectivity index (χ1) is 13.7. The summed E-state index contributed by atoms with van der Waals surface area (Å²) in [4.78, 5) is 28.6. The van der Waals surface area contributed by atoms with Crippen molar-refractivity contribution in [2.45, 2.75) is 45.6 Å². The van der Waals surface area contributed by atoms with Crippen molar-refractivity contribution in [3.63, 3.8) is 0 Å². The van der Waals surface area contributed by atoms with Crippen LogP contribution in [0.3, 0.4) is 0 Å². The maximum Gasteiger partial charge on any atom is 0.272 e. The molecule has 0 radical (unpaired) electrons. The van der Waals surface area contributed by atoms with E-state index in [0.717, 1.165) is 48.1 Å². The number of aromatic nitrogens is 3. The number of benzene rings is 1. The van der Waals surface area contributed by atoms with Gasteiger partial charge in [-0.3, -0.25) is 9.78 Å². The van der Waals surface area contributed by atoms with Crippen LogP contribution in [0.4, 0.5) is 11.6 Å². The van der Waals surface area contributed by atoms with Crippen LogP contribution in [0.25, 0.3) is 10.9 Å². The van der Waals surface area contributed by atoms with Gasteiger partial charge >= 0.3 is 0 Å². The van der Waals surface area contributed by atoms with Gasteiger partial charge in [-0.15, -0.1) is 0 Å². The SMILES string of the molecule is CCC1CCCCN1C(=O)c1cc(C)nc(Nc2cccc3cccnc23)n1. The largest absolute Gasteiger partial charge is 0.334 e. The number of nitrogens with one attached hydrogen (secondary N) is 1. The Balaban J connectivity index is 1.64. The normalized spacial score (nSPS) is 16.9. The van der Waals surface area contributed by atoms with Crippen LogP contribution in [-0.4, -0.2) is 38.3 Å². The average molecular weight is 375 g/mol. The molecule has 1 aromatic carbocycles. The number of aryl methyl sites for hydroxylation is 1. The van der Waals surface area contributed by atoms with Crippen molar-refractivity contribution in [3.05, 3.63) is 54.0 Å². The fourth-order valence-electron chi connectivity index (χ4n) is 3.90. The number of amides is 1. The topological polar surface area (TPSA) is 71.0 Å². The summed E-state index contributed by atoms with van der Waals surface area (Å²) in [5.74, 6) is 0.419. The van der Waals surface area contributed by atoms with Crippen molar-refractivity contribution in [1.82, 2.24) is 19.9 Å². The summed E-state index contributed by atoms with van der Waals surface area (Å²) in [7, 11) is 0. The van der Waals surface area contributed by atoms with Crippen molar-refractivity contribution < 1.29 is 4.79 Å². The number of likely N-dealkylation sites (tertiary alicyclic amines) is 1. The number of hydrogen-bond acceptors (Lipinski definition) is 5. The number of carbonyl (C=O) groups excluding carboxylic acids is 1. The lowest BCUT2D eigenvalue weighted by Crippen LogP contribution is -2.43. The Labute approximate surface area is 165 Å². The highest BCUT2D eigenvalue weighted by Gasteiger charge is 2.27. The number of anilines is 2. The number of hydrogen-bond donors (Lipinski definition) is 1. The van der Waals surface area contributed by atoms with Gasteiger partial charge in [-0.1, -0.05) is 25.1 Å². The second-order valence-corrected chi connectivity index (χ2v) is 7.28. The summed E-state index contributed by atoms with van der Waals surface area (Å²) in [6.45, 7) is 4.83. The summed E-state index contributed by atoms with van der Waals surface area (Å²) in [6.07, 6.45) is 6.05. The van der Waals surface area contributed by atoms with Gasteiger partial charge in [0.25, 0.3) is 5.91 Å². The van der Waals surface area contributed by atoms with Gasteiger partial charge in [-0.05, 0) is 50.8 Å². The van der Waals surface area contributed by atoms with E-state index in [4.69, 9.17) is 0 Å². The molecule has 1 saturated heterocycles.